The number of nitrogens with one attached hydrogen (secondary N) is 1. The topological polar surface area (TPSA) is 41.6 Å². The highest BCUT2D eigenvalue weighted by Gasteiger charge is 2.58. The fraction of sp³-hybridized carbons (Fsp3) is 0.923. The van der Waals surface area contributed by atoms with E-state index in [4.69, 9.17) is 4.74 Å². The minimum Gasteiger partial charge on any atom is -0.380 e. The molecule has 1 amide bonds. The molecule has 3 aliphatic rings. The molecule has 3 rings (SSSR count). The maximum Gasteiger partial charge on any atom is 0.226 e. The molecule has 1 spiro atoms. The van der Waals surface area contributed by atoms with Gasteiger partial charge >= 0.3 is 0 Å². The molecule has 4 nitrogen and oxygen atoms in total. The van der Waals surface area contributed by atoms with Crippen molar-refractivity contribution in [2.45, 2.75) is 25.7 Å². The summed E-state index contributed by atoms with van der Waals surface area (Å²) in [5, 5.41) is 3.38. The minimum absolute atomic E-state index is 0.322. The molecule has 1 atom stereocenters. The van der Waals surface area contributed by atoms with Gasteiger partial charge in [-0.2, -0.15) is 0 Å². The molecule has 17 heavy (non-hydrogen) atoms. The predicted molar refractivity (Wildman–Crippen MR) is 64.7 cm³/mol. The van der Waals surface area contributed by atoms with E-state index in [1.54, 1.807) is 0 Å². The zero-order valence-corrected chi connectivity index (χ0v) is 10.4. The van der Waals surface area contributed by atoms with Gasteiger partial charge in [-0.3, -0.25) is 4.79 Å². The Morgan fingerprint density at radius 2 is 2.06 bits per heavy atom. The summed E-state index contributed by atoms with van der Waals surface area (Å²) in [5.74, 6) is 0.722. The third-order valence-corrected chi connectivity index (χ3v) is 4.62. The van der Waals surface area contributed by atoms with Gasteiger partial charge in [-0.25, -0.2) is 0 Å². The summed E-state index contributed by atoms with van der Waals surface area (Å²) in [6.07, 6.45) is 4.50. The van der Waals surface area contributed by atoms with Crippen LogP contribution >= 0.6 is 0 Å². The van der Waals surface area contributed by atoms with Crippen LogP contribution in [0, 0.1) is 11.3 Å². The third-order valence-electron chi connectivity index (χ3n) is 4.62. The van der Waals surface area contributed by atoms with E-state index < -0.39 is 0 Å². The molecule has 3 fully saturated rings. The van der Waals surface area contributed by atoms with E-state index in [0.717, 1.165) is 45.6 Å². The molecule has 0 bridgehead atoms. The zero-order chi connectivity index (χ0) is 11.7. The van der Waals surface area contributed by atoms with E-state index in [0.29, 0.717) is 23.8 Å². The molecule has 0 aromatic carbocycles. The van der Waals surface area contributed by atoms with Crippen LogP contribution in [0.4, 0.5) is 0 Å². The van der Waals surface area contributed by atoms with Crippen molar-refractivity contribution in [1.82, 2.24) is 10.2 Å². The van der Waals surface area contributed by atoms with Gasteiger partial charge in [0, 0.05) is 25.6 Å². The fourth-order valence-electron chi connectivity index (χ4n) is 3.36. The lowest BCUT2D eigenvalue weighted by molar-refractivity contribution is -0.133. The van der Waals surface area contributed by atoms with Gasteiger partial charge in [0.2, 0.25) is 5.91 Å². The van der Waals surface area contributed by atoms with Crippen LogP contribution in [0.5, 0.6) is 0 Å². The van der Waals surface area contributed by atoms with Crippen molar-refractivity contribution >= 4 is 5.91 Å². The first kappa shape index (κ1) is 11.5. The molecule has 4 heteroatoms. The normalized spacial score (nSPS) is 32.2. The monoisotopic (exact) mass is 238 g/mol. The summed E-state index contributed by atoms with van der Waals surface area (Å²) in [7, 11) is 0. The fourth-order valence-corrected chi connectivity index (χ4v) is 3.36. The highest BCUT2D eigenvalue weighted by Crippen LogP contribution is 2.59. The van der Waals surface area contributed by atoms with Crippen LogP contribution in [0.15, 0.2) is 0 Å². The van der Waals surface area contributed by atoms with Gasteiger partial charge in [-0.1, -0.05) is 0 Å². The van der Waals surface area contributed by atoms with Gasteiger partial charge in [-0.15, -0.1) is 0 Å². The summed E-state index contributed by atoms with van der Waals surface area (Å²) in [6, 6.07) is 0. The number of nitrogens with zero attached hydrogens (tertiary/aromatic N) is 1. The van der Waals surface area contributed by atoms with Crippen molar-refractivity contribution in [2.24, 2.45) is 11.3 Å². The molecule has 0 aromatic rings. The summed E-state index contributed by atoms with van der Waals surface area (Å²) >= 11 is 0. The van der Waals surface area contributed by atoms with E-state index in [2.05, 4.69) is 5.32 Å². The first-order valence-corrected chi connectivity index (χ1v) is 6.89. The van der Waals surface area contributed by atoms with E-state index in [1.807, 2.05) is 4.90 Å². The number of ether oxygens (including phenoxy) is 1. The lowest BCUT2D eigenvalue weighted by atomic mass is 9.91. The van der Waals surface area contributed by atoms with Crippen molar-refractivity contribution in [3.8, 4) is 0 Å². The molecule has 0 radical (unpaired) electrons. The van der Waals surface area contributed by atoms with E-state index >= 15 is 0 Å². The molecular weight excluding hydrogens is 216 g/mol. The highest BCUT2D eigenvalue weighted by molar-refractivity contribution is 5.82. The van der Waals surface area contributed by atoms with Crippen molar-refractivity contribution < 1.29 is 9.53 Å². The Bertz CT molecular complexity index is 292. The summed E-state index contributed by atoms with van der Waals surface area (Å²) in [4.78, 5) is 14.5. The average molecular weight is 238 g/mol. The van der Waals surface area contributed by atoms with Crippen LogP contribution in [0.1, 0.15) is 25.7 Å². The van der Waals surface area contributed by atoms with Crippen LogP contribution in [-0.2, 0) is 9.53 Å². The Hall–Kier alpha value is -0.610. The molecule has 1 saturated carbocycles. The molecule has 96 valence electrons. The number of carbonyl (C=O) groups excluding carboxylic acids is 1. The lowest BCUT2D eigenvalue weighted by Gasteiger charge is -2.26. The first-order chi connectivity index (χ1) is 8.32. The predicted octanol–water partition coefficient (Wildman–Crippen LogP) is 0.625. The van der Waals surface area contributed by atoms with Crippen LogP contribution in [-0.4, -0.2) is 50.2 Å². The Kier molecular flexibility index (Phi) is 3.09. The van der Waals surface area contributed by atoms with Crippen molar-refractivity contribution in [1.29, 1.82) is 0 Å². The Morgan fingerprint density at radius 3 is 2.88 bits per heavy atom. The molecule has 1 unspecified atom stereocenters. The molecule has 1 N–H and O–H groups in total. The maximum absolute atomic E-state index is 12.4. The van der Waals surface area contributed by atoms with Crippen LogP contribution in [0.3, 0.4) is 0 Å². The second kappa shape index (κ2) is 4.58. The second-order valence-electron chi connectivity index (χ2n) is 5.66. The highest BCUT2D eigenvalue weighted by atomic mass is 16.5. The third kappa shape index (κ3) is 2.20. The number of rotatable bonds is 1. The molecule has 2 saturated heterocycles. The Balaban J connectivity index is 1.59. The van der Waals surface area contributed by atoms with Gasteiger partial charge in [0.1, 0.15) is 0 Å². The Morgan fingerprint density at radius 1 is 1.24 bits per heavy atom. The van der Waals surface area contributed by atoms with Gasteiger partial charge < -0.3 is 15.0 Å². The smallest absolute Gasteiger partial charge is 0.226 e. The number of hydrogen-bond acceptors (Lipinski definition) is 3. The molecule has 2 aliphatic heterocycles. The average Bonchev–Trinajstić information content (AvgIpc) is 3.10. The second-order valence-corrected chi connectivity index (χ2v) is 5.66. The zero-order valence-electron chi connectivity index (χ0n) is 10.4. The molecule has 1 aliphatic carbocycles. The lowest BCUT2D eigenvalue weighted by Crippen LogP contribution is -2.37. The van der Waals surface area contributed by atoms with Crippen molar-refractivity contribution in [2.75, 3.05) is 39.4 Å². The minimum atomic E-state index is 0.322. The maximum atomic E-state index is 12.4. The van der Waals surface area contributed by atoms with Crippen molar-refractivity contribution in [3.63, 3.8) is 0 Å². The van der Waals surface area contributed by atoms with Gasteiger partial charge in [0.05, 0.1) is 6.61 Å². The van der Waals surface area contributed by atoms with Gasteiger partial charge in [0.25, 0.3) is 0 Å². The van der Waals surface area contributed by atoms with Crippen molar-refractivity contribution in [3.05, 3.63) is 0 Å². The molecule has 2 heterocycles. The van der Waals surface area contributed by atoms with E-state index in [9.17, 15) is 4.79 Å². The quantitative estimate of drug-likeness (QED) is 0.728. The van der Waals surface area contributed by atoms with E-state index in [-0.39, 0.29) is 0 Å². The molecular formula is C13H22N2O2. The largest absolute Gasteiger partial charge is 0.380 e. The number of hydrogen-bond donors (Lipinski definition) is 1. The van der Waals surface area contributed by atoms with Crippen LogP contribution in [0.25, 0.3) is 0 Å². The van der Waals surface area contributed by atoms with Gasteiger partial charge in [-0.05, 0) is 44.2 Å². The molecule has 0 aromatic heterocycles. The number of amides is 1. The van der Waals surface area contributed by atoms with Crippen LogP contribution in [0.2, 0.25) is 0 Å². The number of carbonyl (C=O) groups is 1. The SMILES string of the molecule is O=C(C1CC12CCNCC2)N1CCCOCC1. The summed E-state index contributed by atoms with van der Waals surface area (Å²) < 4.78 is 5.41. The Labute approximate surface area is 103 Å². The summed E-state index contributed by atoms with van der Waals surface area (Å²) in [5.41, 5.74) is 0.371. The number of piperidine rings is 1. The van der Waals surface area contributed by atoms with Gasteiger partial charge in [0.15, 0.2) is 0 Å². The standard InChI is InChI=1S/C13H22N2O2/c16-12(15-6-1-8-17-9-7-15)11-10-13(11)2-4-14-5-3-13/h11,14H,1-10H2. The summed E-state index contributed by atoms with van der Waals surface area (Å²) in [6.45, 7) is 5.39. The van der Waals surface area contributed by atoms with E-state index in [1.165, 1.54) is 12.8 Å². The van der Waals surface area contributed by atoms with Crippen LogP contribution < -0.4 is 5.32 Å². The first-order valence-electron chi connectivity index (χ1n) is 6.89.